The van der Waals surface area contributed by atoms with Crippen molar-refractivity contribution in [3.63, 3.8) is 0 Å². The maximum atomic E-state index is 12.6. The second kappa shape index (κ2) is 6.00. The first-order chi connectivity index (χ1) is 10.2. The number of carbonyl (C=O) groups is 1. The highest BCUT2D eigenvalue weighted by Crippen LogP contribution is 2.29. The Kier molecular flexibility index (Phi) is 3.91. The Bertz CT molecular complexity index is 620. The minimum atomic E-state index is 0.187. The topological polar surface area (TPSA) is 46.3 Å². The van der Waals surface area contributed by atoms with E-state index in [1.165, 1.54) is 5.56 Å². The van der Waals surface area contributed by atoms with Gasteiger partial charge in [0.25, 0.3) is 0 Å². The molecular formula is C18H20N2O. The smallest absolute Gasteiger partial charge is 0.227 e. The average Bonchev–Trinajstić information content (AvgIpc) is 3.30. The highest BCUT2D eigenvalue weighted by atomic mass is 16.2. The summed E-state index contributed by atoms with van der Waals surface area (Å²) in [5.41, 5.74) is 8.66. The number of hydrogen-bond acceptors (Lipinski definition) is 2. The van der Waals surface area contributed by atoms with E-state index in [9.17, 15) is 4.79 Å². The van der Waals surface area contributed by atoms with Crippen molar-refractivity contribution in [1.82, 2.24) is 4.90 Å². The second-order valence-electron chi connectivity index (χ2n) is 5.66. The third-order valence-electron chi connectivity index (χ3n) is 3.81. The summed E-state index contributed by atoms with van der Waals surface area (Å²) < 4.78 is 0. The standard InChI is InChI=1S/C18H20N2O/c19-16-8-4-7-15(11-16)12-18(21)20(17-9-10-17)13-14-5-2-1-3-6-14/h1-8,11,17H,9-10,12-13,19H2. The molecule has 1 aliphatic carbocycles. The third-order valence-corrected chi connectivity index (χ3v) is 3.81. The minimum absolute atomic E-state index is 0.187. The summed E-state index contributed by atoms with van der Waals surface area (Å²) in [6, 6.07) is 18.2. The summed E-state index contributed by atoms with van der Waals surface area (Å²) in [7, 11) is 0. The van der Waals surface area contributed by atoms with Gasteiger partial charge in [0.2, 0.25) is 5.91 Å². The van der Waals surface area contributed by atoms with Gasteiger partial charge in [-0.2, -0.15) is 0 Å². The van der Waals surface area contributed by atoms with E-state index in [-0.39, 0.29) is 5.91 Å². The van der Waals surface area contributed by atoms with Gasteiger partial charge in [-0.15, -0.1) is 0 Å². The van der Waals surface area contributed by atoms with Crippen molar-refractivity contribution in [2.75, 3.05) is 5.73 Å². The van der Waals surface area contributed by atoms with Crippen molar-refractivity contribution >= 4 is 11.6 Å². The molecule has 0 unspecified atom stereocenters. The molecule has 2 N–H and O–H groups in total. The lowest BCUT2D eigenvalue weighted by molar-refractivity contribution is -0.131. The number of anilines is 1. The summed E-state index contributed by atoms with van der Waals surface area (Å²) >= 11 is 0. The van der Waals surface area contributed by atoms with Gasteiger partial charge < -0.3 is 10.6 Å². The molecule has 3 nitrogen and oxygen atoms in total. The molecule has 0 atom stereocenters. The number of nitrogen functional groups attached to an aromatic ring is 1. The van der Waals surface area contributed by atoms with Gasteiger partial charge in [0.15, 0.2) is 0 Å². The summed E-state index contributed by atoms with van der Waals surface area (Å²) in [5, 5.41) is 0. The van der Waals surface area contributed by atoms with Crippen LogP contribution in [0, 0.1) is 0 Å². The Morgan fingerprint density at radius 3 is 2.43 bits per heavy atom. The van der Waals surface area contributed by atoms with E-state index in [1.54, 1.807) is 0 Å². The van der Waals surface area contributed by atoms with E-state index in [0.29, 0.717) is 24.7 Å². The summed E-state index contributed by atoms with van der Waals surface area (Å²) in [4.78, 5) is 14.6. The number of benzene rings is 2. The molecule has 0 heterocycles. The number of rotatable bonds is 5. The van der Waals surface area contributed by atoms with E-state index in [2.05, 4.69) is 12.1 Å². The van der Waals surface area contributed by atoms with Crippen molar-refractivity contribution in [3.05, 3.63) is 65.7 Å². The highest BCUT2D eigenvalue weighted by molar-refractivity contribution is 5.79. The zero-order valence-corrected chi connectivity index (χ0v) is 12.0. The Morgan fingerprint density at radius 2 is 1.76 bits per heavy atom. The fourth-order valence-corrected chi connectivity index (χ4v) is 2.57. The lowest BCUT2D eigenvalue weighted by Crippen LogP contribution is -2.33. The second-order valence-corrected chi connectivity index (χ2v) is 5.66. The van der Waals surface area contributed by atoms with Gasteiger partial charge in [-0.1, -0.05) is 42.5 Å². The molecule has 2 aromatic rings. The average molecular weight is 280 g/mol. The lowest BCUT2D eigenvalue weighted by Gasteiger charge is -2.22. The summed E-state index contributed by atoms with van der Waals surface area (Å²) in [6.07, 6.45) is 2.67. The zero-order chi connectivity index (χ0) is 14.7. The van der Waals surface area contributed by atoms with E-state index >= 15 is 0 Å². The zero-order valence-electron chi connectivity index (χ0n) is 12.0. The highest BCUT2D eigenvalue weighted by Gasteiger charge is 2.32. The molecule has 0 radical (unpaired) electrons. The Morgan fingerprint density at radius 1 is 1.05 bits per heavy atom. The predicted octanol–water partition coefficient (Wildman–Crippen LogP) is 3.00. The Labute approximate surface area is 125 Å². The molecule has 0 bridgehead atoms. The van der Waals surface area contributed by atoms with Gasteiger partial charge in [-0.3, -0.25) is 4.79 Å². The first-order valence-electron chi connectivity index (χ1n) is 7.40. The number of hydrogen-bond donors (Lipinski definition) is 1. The number of amides is 1. The van der Waals surface area contributed by atoms with Gasteiger partial charge in [0, 0.05) is 18.3 Å². The van der Waals surface area contributed by atoms with E-state index in [1.807, 2.05) is 47.4 Å². The van der Waals surface area contributed by atoms with Crippen LogP contribution >= 0.6 is 0 Å². The summed E-state index contributed by atoms with van der Waals surface area (Å²) in [5.74, 6) is 0.187. The van der Waals surface area contributed by atoms with Crippen LogP contribution in [0.2, 0.25) is 0 Å². The van der Waals surface area contributed by atoms with Crippen LogP contribution in [0.4, 0.5) is 5.69 Å². The van der Waals surface area contributed by atoms with Crippen molar-refractivity contribution < 1.29 is 4.79 Å². The van der Waals surface area contributed by atoms with Gasteiger partial charge in [0.1, 0.15) is 0 Å². The summed E-state index contributed by atoms with van der Waals surface area (Å²) in [6.45, 7) is 0.701. The van der Waals surface area contributed by atoms with Crippen LogP contribution in [0.25, 0.3) is 0 Å². The van der Waals surface area contributed by atoms with Gasteiger partial charge >= 0.3 is 0 Å². The Balaban J connectivity index is 1.70. The minimum Gasteiger partial charge on any atom is -0.399 e. The fraction of sp³-hybridized carbons (Fsp3) is 0.278. The predicted molar refractivity (Wildman–Crippen MR) is 84.6 cm³/mol. The van der Waals surface area contributed by atoms with Crippen molar-refractivity contribution in [2.45, 2.75) is 31.8 Å². The van der Waals surface area contributed by atoms with Crippen LogP contribution in [0.3, 0.4) is 0 Å². The molecule has 21 heavy (non-hydrogen) atoms. The molecule has 2 aromatic carbocycles. The van der Waals surface area contributed by atoms with Crippen LogP contribution in [0.1, 0.15) is 24.0 Å². The first-order valence-corrected chi connectivity index (χ1v) is 7.40. The van der Waals surface area contributed by atoms with Crippen molar-refractivity contribution in [1.29, 1.82) is 0 Å². The van der Waals surface area contributed by atoms with Crippen LogP contribution in [-0.4, -0.2) is 16.8 Å². The Hall–Kier alpha value is -2.29. The van der Waals surface area contributed by atoms with E-state index < -0.39 is 0 Å². The van der Waals surface area contributed by atoms with Crippen LogP contribution < -0.4 is 5.73 Å². The molecule has 1 fully saturated rings. The first kappa shape index (κ1) is 13.7. The molecule has 108 valence electrons. The maximum absolute atomic E-state index is 12.6. The van der Waals surface area contributed by atoms with Gasteiger partial charge in [0.05, 0.1) is 6.42 Å². The monoisotopic (exact) mass is 280 g/mol. The lowest BCUT2D eigenvalue weighted by atomic mass is 10.1. The fourth-order valence-electron chi connectivity index (χ4n) is 2.57. The molecule has 0 aliphatic heterocycles. The van der Waals surface area contributed by atoms with Gasteiger partial charge in [-0.05, 0) is 36.1 Å². The number of carbonyl (C=O) groups excluding carboxylic acids is 1. The molecule has 1 saturated carbocycles. The molecule has 0 aromatic heterocycles. The van der Waals surface area contributed by atoms with E-state index in [4.69, 9.17) is 5.73 Å². The number of nitrogens with zero attached hydrogens (tertiary/aromatic N) is 1. The van der Waals surface area contributed by atoms with Crippen molar-refractivity contribution in [3.8, 4) is 0 Å². The third kappa shape index (κ3) is 3.63. The normalized spacial score (nSPS) is 13.9. The quantitative estimate of drug-likeness (QED) is 0.856. The molecule has 0 spiro atoms. The SMILES string of the molecule is Nc1cccc(CC(=O)N(Cc2ccccc2)C2CC2)c1. The van der Waals surface area contributed by atoms with Gasteiger partial charge in [-0.25, -0.2) is 0 Å². The molecular weight excluding hydrogens is 260 g/mol. The van der Waals surface area contributed by atoms with E-state index in [0.717, 1.165) is 18.4 Å². The van der Waals surface area contributed by atoms with Crippen LogP contribution in [0.5, 0.6) is 0 Å². The molecule has 3 heteroatoms. The largest absolute Gasteiger partial charge is 0.399 e. The van der Waals surface area contributed by atoms with Crippen molar-refractivity contribution in [2.24, 2.45) is 0 Å². The maximum Gasteiger partial charge on any atom is 0.227 e. The molecule has 1 aliphatic rings. The molecule has 1 amide bonds. The molecule has 3 rings (SSSR count). The molecule has 0 saturated heterocycles. The van der Waals surface area contributed by atoms with Crippen LogP contribution in [-0.2, 0) is 17.8 Å². The number of nitrogens with two attached hydrogens (primary N) is 1. The van der Waals surface area contributed by atoms with Crippen LogP contribution in [0.15, 0.2) is 54.6 Å².